The number of rotatable bonds is 4. The molecule has 5 nitrogen and oxygen atoms in total. The van der Waals surface area contributed by atoms with Crippen LogP contribution >= 0.6 is 0 Å². The highest BCUT2D eigenvalue weighted by molar-refractivity contribution is 5.26. The molecule has 0 bridgehead atoms. The molecule has 0 aliphatic carbocycles. The van der Waals surface area contributed by atoms with E-state index in [1.807, 2.05) is 41.0 Å². The van der Waals surface area contributed by atoms with E-state index in [-0.39, 0.29) is 6.04 Å². The fraction of sp³-hybridized carbons (Fsp3) is 0.133. The molecule has 2 N–H and O–H groups in total. The van der Waals surface area contributed by atoms with Crippen molar-refractivity contribution in [2.45, 2.75) is 12.6 Å². The van der Waals surface area contributed by atoms with Crippen molar-refractivity contribution in [3.63, 3.8) is 0 Å². The molecule has 2 aromatic heterocycles. The summed E-state index contributed by atoms with van der Waals surface area (Å²) in [6.45, 7) is 0.637. The lowest BCUT2D eigenvalue weighted by Crippen LogP contribution is -2.17. The van der Waals surface area contributed by atoms with Gasteiger partial charge in [-0.05, 0) is 11.6 Å². The summed E-state index contributed by atoms with van der Waals surface area (Å²) < 4.78 is 2.01. The van der Waals surface area contributed by atoms with Crippen LogP contribution < -0.4 is 5.73 Å². The van der Waals surface area contributed by atoms with Crippen LogP contribution in [0.4, 0.5) is 0 Å². The van der Waals surface area contributed by atoms with E-state index < -0.39 is 0 Å². The Balaban J connectivity index is 1.87. The molecule has 0 amide bonds. The Morgan fingerprint density at radius 2 is 1.95 bits per heavy atom. The summed E-state index contributed by atoms with van der Waals surface area (Å²) in [6, 6.07) is 11.7. The molecular formula is C15H15N5. The quantitative estimate of drug-likeness (QED) is 0.780. The van der Waals surface area contributed by atoms with Crippen LogP contribution in [0.15, 0.2) is 61.4 Å². The molecule has 2 heterocycles. The summed E-state index contributed by atoms with van der Waals surface area (Å²) in [7, 11) is 0. The number of hydrogen-bond acceptors (Lipinski definition) is 4. The van der Waals surface area contributed by atoms with E-state index in [9.17, 15) is 0 Å². The molecule has 0 spiro atoms. The number of benzene rings is 1. The number of nitrogens with zero attached hydrogens (tertiary/aromatic N) is 4. The van der Waals surface area contributed by atoms with E-state index in [1.165, 1.54) is 0 Å². The van der Waals surface area contributed by atoms with Crippen LogP contribution in [-0.2, 0) is 6.54 Å². The van der Waals surface area contributed by atoms with Gasteiger partial charge in [-0.1, -0.05) is 30.3 Å². The fourth-order valence-electron chi connectivity index (χ4n) is 2.14. The fourth-order valence-corrected chi connectivity index (χ4v) is 2.14. The summed E-state index contributed by atoms with van der Waals surface area (Å²) in [6.07, 6.45) is 6.86. The molecule has 1 aromatic carbocycles. The number of hydrogen-bond donors (Lipinski definition) is 1. The third-order valence-corrected chi connectivity index (χ3v) is 3.20. The second kappa shape index (κ2) is 5.63. The zero-order valence-corrected chi connectivity index (χ0v) is 10.9. The van der Waals surface area contributed by atoms with Gasteiger partial charge in [-0.2, -0.15) is 0 Å². The van der Waals surface area contributed by atoms with Gasteiger partial charge in [0.15, 0.2) is 0 Å². The number of aromatic nitrogens is 4. The second-order valence-electron chi connectivity index (χ2n) is 4.54. The van der Waals surface area contributed by atoms with E-state index >= 15 is 0 Å². The topological polar surface area (TPSA) is 69.6 Å². The van der Waals surface area contributed by atoms with Gasteiger partial charge in [0.2, 0.25) is 0 Å². The minimum Gasteiger partial charge on any atom is -0.327 e. The summed E-state index contributed by atoms with van der Waals surface area (Å²) >= 11 is 0. The third kappa shape index (κ3) is 2.57. The van der Waals surface area contributed by atoms with Crippen LogP contribution in [0.2, 0.25) is 0 Å². The van der Waals surface area contributed by atoms with Crippen molar-refractivity contribution in [3.05, 3.63) is 78.4 Å². The first kappa shape index (κ1) is 12.5. The second-order valence-corrected chi connectivity index (χ2v) is 4.54. The monoisotopic (exact) mass is 265 g/mol. The Bertz CT molecular complexity index is 663. The highest BCUT2D eigenvalue weighted by atomic mass is 15.1. The Morgan fingerprint density at radius 3 is 2.70 bits per heavy atom. The summed E-state index contributed by atoms with van der Waals surface area (Å²) in [5.41, 5.74) is 9.29. The zero-order chi connectivity index (χ0) is 13.8. The largest absolute Gasteiger partial charge is 0.327 e. The van der Waals surface area contributed by atoms with Gasteiger partial charge in [-0.3, -0.25) is 0 Å². The molecule has 1 unspecified atom stereocenters. The lowest BCUT2D eigenvalue weighted by molar-refractivity contribution is 0.683. The summed E-state index contributed by atoms with van der Waals surface area (Å²) in [5, 5.41) is 0. The summed E-state index contributed by atoms with van der Waals surface area (Å²) in [5.74, 6) is 0. The third-order valence-electron chi connectivity index (χ3n) is 3.20. The molecular weight excluding hydrogens is 250 g/mol. The van der Waals surface area contributed by atoms with E-state index in [1.54, 1.807) is 25.0 Å². The maximum absolute atomic E-state index is 6.32. The first-order valence-electron chi connectivity index (χ1n) is 6.40. The van der Waals surface area contributed by atoms with E-state index in [4.69, 9.17) is 5.73 Å². The number of imidazole rings is 1. The molecule has 0 saturated heterocycles. The van der Waals surface area contributed by atoms with Gasteiger partial charge in [-0.25, -0.2) is 15.0 Å². The van der Waals surface area contributed by atoms with Crippen molar-refractivity contribution in [2.24, 2.45) is 5.73 Å². The lowest BCUT2D eigenvalue weighted by atomic mass is 10.1. The van der Waals surface area contributed by atoms with Gasteiger partial charge in [0.1, 0.15) is 6.33 Å². The Hall–Kier alpha value is -2.53. The predicted octanol–water partition coefficient (Wildman–Crippen LogP) is 1.77. The van der Waals surface area contributed by atoms with Gasteiger partial charge >= 0.3 is 0 Å². The first-order valence-corrected chi connectivity index (χ1v) is 6.40. The first-order chi connectivity index (χ1) is 9.84. The van der Waals surface area contributed by atoms with Gasteiger partial charge in [0.25, 0.3) is 0 Å². The van der Waals surface area contributed by atoms with Gasteiger partial charge in [0, 0.05) is 6.20 Å². The molecule has 3 aromatic rings. The van der Waals surface area contributed by atoms with Crippen molar-refractivity contribution in [3.8, 4) is 0 Å². The van der Waals surface area contributed by atoms with Crippen molar-refractivity contribution >= 4 is 0 Å². The van der Waals surface area contributed by atoms with E-state index in [2.05, 4.69) is 15.0 Å². The van der Waals surface area contributed by atoms with Crippen molar-refractivity contribution < 1.29 is 0 Å². The van der Waals surface area contributed by atoms with Crippen LogP contribution in [0.25, 0.3) is 0 Å². The molecule has 1 atom stereocenters. The molecule has 20 heavy (non-hydrogen) atoms. The maximum atomic E-state index is 6.32. The van der Waals surface area contributed by atoms with Crippen molar-refractivity contribution in [2.75, 3.05) is 0 Å². The van der Waals surface area contributed by atoms with Crippen LogP contribution in [-0.4, -0.2) is 19.5 Å². The normalized spacial score (nSPS) is 12.2. The van der Waals surface area contributed by atoms with Crippen LogP contribution in [0.5, 0.6) is 0 Å². The van der Waals surface area contributed by atoms with Crippen molar-refractivity contribution in [1.29, 1.82) is 0 Å². The molecule has 0 aliphatic heterocycles. The van der Waals surface area contributed by atoms with Crippen LogP contribution in [0.1, 0.15) is 23.0 Å². The highest BCUT2D eigenvalue weighted by Crippen LogP contribution is 2.19. The highest BCUT2D eigenvalue weighted by Gasteiger charge is 2.13. The number of nitrogens with two attached hydrogens (primary N) is 1. The molecule has 0 saturated carbocycles. The molecule has 0 radical (unpaired) electrons. The summed E-state index contributed by atoms with van der Waals surface area (Å²) in [4.78, 5) is 12.3. The SMILES string of the molecule is NC(c1ccccc1)c1cncn1Cc1ccncn1. The minimum absolute atomic E-state index is 0.194. The minimum atomic E-state index is -0.194. The van der Waals surface area contributed by atoms with Crippen molar-refractivity contribution in [1.82, 2.24) is 19.5 Å². The van der Waals surface area contributed by atoms with Gasteiger partial charge < -0.3 is 10.3 Å². The smallest absolute Gasteiger partial charge is 0.115 e. The Kier molecular flexibility index (Phi) is 3.52. The van der Waals surface area contributed by atoms with Gasteiger partial charge in [-0.15, -0.1) is 0 Å². The van der Waals surface area contributed by atoms with Gasteiger partial charge in [0.05, 0.1) is 36.5 Å². The molecule has 5 heteroatoms. The standard InChI is InChI=1S/C15H15N5/c16-15(12-4-2-1-3-5-12)14-8-18-11-20(14)9-13-6-7-17-10-19-13/h1-8,10-11,15H,9,16H2. The van der Waals surface area contributed by atoms with E-state index in [0.717, 1.165) is 17.0 Å². The average Bonchev–Trinajstić information content (AvgIpc) is 2.96. The molecule has 0 aliphatic rings. The molecule has 0 fully saturated rings. The predicted molar refractivity (Wildman–Crippen MR) is 75.8 cm³/mol. The molecule has 100 valence electrons. The van der Waals surface area contributed by atoms with E-state index in [0.29, 0.717) is 6.54 Å². The maximum Gasteiger partial charge on any atom is 0.115 e. The lowest BCUT2D eigenvalue weighted by Gasteiger charge is -2.14. The van der Waals surface area contributed by atoms with Crippen LogP contribution in [0.3, 0.4) is 0 Å². The Labute approximate surface area is 117 Å². The van der Waals surface area contributed by atoms with Crippen LogP contribution in [0, 0.1) is 0 Å². The molecule has 3 rings (SSSR count). The zero-order valence-electron chi connectivity index (χ0n) is 10.9. The average molecular weight is 265 g/mol. The Morgan fingerprint density at radius 1 is 1.10 bits per heavy atom.